The molecule has 0 aromatic heterocycles. The number of hydrogen-bond donors (Lipinski definition) is 0. The largest absolute Gasteiger partial charge is 0.487 e. The molecule has 0 N–H and O–H groups in total. The molecule has 0 radical (unpaired) electrons. The summed E-state index contributed by atoms with van der Waals surface area (Å²) in [5, 5.41) is 0.384. The van der Waals surface area contributed by atoms with E-state index < -0.39 is 0 Å². The predicted octanol–water partition coefficient (Wildman–Crippen LogP) is 8.44. The molecule has 9 heteroatoms. The van der Waals surface area contributed by atoms with Gasteiger partial charge in [-0.3, -0.25) is 14.5 Å². The van der Waals surface area contributed by atoms with Crippen LogP contribution < -0.4 is 4.74 Å². The number of rotatable bonds is 6. The van der Waals surface area contributed by atoms with Crippen LogP contribution in [0.25, 0.3) is 6.08 Å². The van der Waals surface area contributed by atoms with E-state index in [0.717, 1.165) is 41.9 Å². The second kappa shape index (κ2) is 10.8. The topological polar surface area (TPSA) is 46.6 Å². The number of benzene rings is 3. The maximum atomic E-state index is 12.9. The standard InChI is InChI=1S/C24H15Br3ClNO3S/c25-18-4-2-1-3-16(18)12-29-23(30)21(33-24(29)31)11-15-9-19(26)22(20(27)10-15)32-13-14-5-7-17(28)8-6-14/h1-11H,12-13H2/b21-11-. The summed E-state index contributed by atoms with van der Waals surface area (Å²) in [7, 11) is 0. The molecule has 0 bridgehead atoms. The molecule has 1 aliphatic heterocycles. The van der Waals surface area contributed by atoms with E-state index >= 15 is 0 Å². The van der Waals surface area contributed by atoms with Crippen molar-refractivity contribution in [1.82, 2.24) is 4.90 Å². The highest BCUT2D eigenvalue weighted by molar-refractivity contribution is 9.11. The summed E-state index contributed by atoms with van der Waals surface area (Å²) in [5.74, 6) is 0.334. The predicted molar refractivity (Wildman–Crippen MR) is 143 cm³/mol. The Bertz CT molecular complexity index is 1240. The van der Waals surface area contributed by atoms with Crippen molar-refractivity contribution in [3.8, 4) is 5.75 Å². The van der Waals surface area contributed by atoms with Crippen molar-refractivity contribution < 1.29 is 14.3 Å². The molecule has 1 saturated heterocycles. The summed E-state index contributed by atoms with van der Waals surface area (Å²) in [4.78, 5) is 27.0. The lowest BCUT2D eigenvalue weighted by Crippen LogP contribution is -2.27. The lowest BCUT2D eigenvalue weighted by atomic mass is 10.2. The van der Waals surface area contributed by atoms with Gasteiger partial charge in [-0.05, 0) is 96.7 Å². The van der Waals surface area contributed by atoms with Crippen molar-refractivity contribution in [2.75, 3.05) is 0 Å². The SMILES string of the molecule is O=C1S/C(=C\c2cc(Br)c(OCc3ccc(Cl)cc3)c(Br)c2)C(=O)N1Cc1ccccc1Br. The van der Waals surface area contributed by atoms with Crippen molar-refractivity contribution in [3.05, 3.63) is 101 Å². The first kappa shape index (κ1) is 24.5. The van der Waals surface area contributed by atoms with Crippen LogP contribution in [0.5, 0.6) is 5.75 Å². The molecule has 0 atom stereocenters. The quantitative estimate of drug-likeness (QED) is 0.247. The minimum Gasteiger partial charge on any atom is -0.487 e. The Morgan fingerprint density at radius 3 is 2.27 bits per heavy atom. The van der Waals surface area contributed by atoms with Gasteiger partial charge in [-0.1, -0.05) is 57.9 Å². The average Bonchev–Trinajstić information content (AvgIpc) is 3.03. The fraction of sp³-hybridized carbons (Fsp3) is 0.0833. The Morgan fingerprint density at radius 2 is 1.61 bits per heavy atom. The van der Waals surface area contributed by atoms with E-state index in [-0.39, 0.29) is 17.7 Å². The molecule has 1 fully saturated rings. The van der Waals surface area contributed by atoms with Crippen LogP contribution in [0, 0.1) is 0 Å². The monoisotopic (exact) mass is 669 g/mol. The zero-order valence-corrected chi connectivity index (χ0v) is 23.2. The number of halogens is 4. The number of imide groups is 1. The number of hydrogen-bond acceptors (Lipinski definition) is 4. The van der Waals surface area contributed by atoms with E-state index in [1.165, 1.54) is 4.90 Å². The molecule has 0 aliphatic carbocycles. The summed E-state index contributed by atoms with van der Waals surface area (Å²) in [6.45, 7) is 0.593. The Kier molecular flexibility index (Phi) is 8.02. The number of carbonyl (C=O) groups is 2. The van der Waals surface area contributed by atoms with Crippen molar-refractivity contribution in [1.29, 1.82) is 0 Å². The third-order valence-corrected chi connectivity index (χ3v) is 7.89. The van der Waals surface area contributed by atoms with Crippen LogP contribution in [0.3, 0.4) is 0 Å². The van der Waals surface area contributed by atoms with Gasteiger partial charge in [0.25, 0.3) is 11.1 Å². The van der Waals surface area contributed by atoms with Crippen molar-refractivity contribution in [2.24, 2.45) is 0 Å². The van der Waals surface area contributed by atoms with Crippen LogP contribution >= 0.6 is 71.2 Å². The Hall–Kier alpha value is -1.58. The average molecular weight is 673 g/mol. The fourth-order valence-electron chi connectivity index (χ4n) is 3.12. The Balaban J connectivity index is 1.50. The molecule has 33 heavy (non-hydrogen) atoms. The van der Waals surface area contributed by atoms with Gasteiger partial charge >= 0.3 is 0 Å². The maximum Gasteiger partial charge on any atom is 0.293 e. The second-order valence-corrected chi connectivity index (χ2v) is 11.1. The maximum absolute atomic E-state index is 12.9. The second-order valence-electron chi connectivity index (χ2n) is 7.09. The van der Waals surface area contributed by atoms with Gasteiger partial charge in [0.15, 0.2) is 0 Å². The van der Waals surface area contributed by atoms with Crippen LogP contribution in [-0.2, 0) is 17.9 Å². The van der Waals surface area contributed by atoms with Gasteiger partial charge in [0.05, 0.1) is 20.4 Å². The van der Waals surface area contributed by atoms with E-state index in [4.69, 9.17) is 16.3 Å². The van der Waals surface area contributed by atoms with Crippen molar-refractivity contribution in [3.63, 3.8) is 0 Å². The first-order valence-corrected chi connectivity index (χ1v) is 13.2. The molecular formula is C24H15Br3ClNO3S. The van der Waals surface area contributed by atoms with E-state index in [0.29, 0.717) is 22.3 Å². The summed E-state index contributed by atoms with van der Waals surface area (Å²) in [6, 6.07) is 18.7. The highest BCUT2D eigenvalue weighted by Gasteiger charge is 2.35. The molecule has 0 saturated carbocycles. The molecule has 1 aliphatic rings. The summed E-state index contributed by atoms with van der Waals surface area (Å²) < 4.78 is 8.26. The molecule has 2 amide bonds. The molecule has 4 rings (SSSR count). The van der Waals surface area contributed by atoms with Gasteiger partial charge in [-0.25, -0.2) is 0 Å². The van der Waals surface area contributed by atoms with Gasteiger partial charge < -0.3 is 4.74 Å². The number of carbonyl (C=O) groups excluding carboxylic acids is 2. The lowest BCUT2D eigenvalue weighted by molar-refractivity contribution is -0.123. The van der Waals surface area contributed by atoms with Gasteiger partial charge in [-0.15, -0.1) is 0 Å². The number of amides is 2. The van der Waals surface area contributed by atoms with Crippen LogP contribution in [0.1, 0.15) is 16.7 Å². The van der Waals surface area contributed by atoms with Gasteiger partial charge in [0.1, 0.15) is 12.4 Å². The minimum absolute atomic E-state index is 0.217. The van der Waals surface area contributed by atoms with Crippen LogP contribution in [0.4, 0.5) is 4.79 Å². The first-order valence-electron chi connectivity index (χ1n) is 9.67. The van der Waals surface area contributed by atoms with Crippen molar-refractivity contribution >= 4 is 88.4 Å². The molecular weight excluding hydrogens is 658 g/mol. The molecule has 0 unspecified atom stereocenters. The van der Waals surface area contributed by atoms with Gasteiger partial charge in [0, 0.05) is 9.50 Å². The Labute approximate surface area is 225 Å². The molecule has 3 aromatic rings. The molecule has 4 nitrogen and oxygen atoms in total. The van der Waals surface area contributed by atoms with Crippen molar-refractivity contribution in [2.45, 2.75) is 13.2 Å². The minimum atomic E-state index is -0.309. The highest BCUT2D eigenvalue weighted by Crippen LogP contribution is 2.38. The third-order valence-electron chi connectivity index (χ3n) is 4.77. The van der Waals surface area contributed by atoms with E-state index in [1.54, 1.807) is 6.08 Å². The zero-order valence-electron chi connectivity index (χ0n) is 16.9. The van der Waals surface area contributed by atoms with E-state index in [1.807, 2.05) is 60.7 Å². The number of thioether (sulfide) groups is 1. The number of nitrogens with zero attached hydrogens (tertiary/aromatic N) is 1. The summed E-state index contributed by atoms with van der Waals surface area (Å²) >= 11 is 17.4. The van der Waals surface area contributed by atoms with E-state index in [9.17, 15) is 9.59 Å². The summed E-state index contributed by atoms with van der Waals surface area (Å²) in [6.07, 6.45) is 1.71. The van der Waals surface area contributed by atoms with Crippen LogP contribution in [0.2, 0.25) is 5.02 Å². The van der Waals surface area contributed by atoms with Gasteiger partial charge in [-0.2, -0.15) is 0 Å². The highest BCUT2D eigenvalue weighted by atomic mass is 79.9. The molecule has 0 spiro atoms. The molecule has 168 valence electrons. The van der Waals surface area contributed by atoms with Crippen LogP contribution in [-0.4, -0.2) is 16.0 Å². The third kappa shape index (κ3) is 5.92. The van der Waals surface area contributed by atoms with Crippen LogP contribution in [0.15, 0.2) is 79.0 Å². The molecule has 3 aromatic carbocycles. The fourth-order valence-corrected chi connectivity index (χ4v) is 5.95. The summed E-state index contributed by atoms with van der Waals surface area (Å²) in [5.41, 5.74) is 2.62. The lowest BCUT2D eigenvalue weighted by Gasteiger charge is -2.13. The Morgan fingerprint density at radius 1 is 0.939 bits per heavy atom. The van der Waals surface area contributed by atoms with Gasteiger partial charge in [0.2, 0.25) is 0 Å². The first-order chi connectivity index (χ1) is 15.8. The van der Waals surface area contributed by atoms with E-state index in [2.05, 4.69) is 47.8 Å². The number of ether oxygens (including phenoxy) is 1. The molecule has 1 heterocycles. The zero-order chi connectivity index (χ0) is 23.5. The smallest absolute Gasteiger partial charge is 0.293 e. The normalized spacial score (nSPS) is 14.9.